The van der Waals surface area contributed by atoms with Crippen LogP contribution in [0.25, 0.3) is 0 Å². The van der Waals surface area contributed by atoms with Gasteiger partial charge in [0, 0.05) is 38.5 Å². The van der Waals surface area contributed by atoms with Crippen molar-refractivity contribution in [3.63, 3.8) is 0 Å². The molecule has 2 amide bonds. The fraction of sp³-hybridized carbons (Fsp3) is 0.474. The maximum atomic E-state index is 13.3. The molecule has 1 fully saturated rings. The van der Waals surface area contributed by atoms with Crippen LogP contribution in [0.2, 0.25) is 0 Å². The number of carbonyl (C=O) groups excluding carboxylic acids is 2. The molecular weight excluding hydrogens is 307 g/mol. The fourth-order valence-corrected chi connectivity index (χ4v) is 3.39. The van der Waals surface area contributed by atoms with E-state index >= 15 is 0 Å². The van der Waals surface area contributed by atoms with Crippen molar-refractivity contribution in [1.29, 1.82) is 0 Å². The Morgan fingerprint density at radius 1 is 1.21 bits per heavy atom. The van der Waals surface area contributed by atoms with E-state index in [0.717, 1.165) is 24.8 Å². The average molecular weight is 330 g/mol. The zero-order valence-corrected chi connectivity index (χ0v) is 13.8. The van der Waals surface area contributed by atoms with Crippen LogP contribution in [-0.4, -0.2) is 41.2 Å². The van der Waals surface area contributed by atoms with Gasteiger partial charge in [0.2, 0.25) is 11.8 Å². The minimum atomic E-state index is -0.295. The molecule has 1 aromatic rings. The summed E-state index contributed by atoms with van der Waals surface area (Å²) in [7, 11) is 0. The van der Waals surface area contributed by atoms with Crippen LogP contribution in [0.15, 0.2) is 36.4 Å². The molecule has 1 aromatic carbocycles. The maximum Gasteiger partial charge on any atom is 0.226 e. The van der Waals surface area contributed by atoms with Gasteiger partial charge in [-0.15, -0.1) is 0 Å². The molecule has 1 aliphatic carbocycles. The molecule has 4 nitrogen and oxygen atoms in total. The number of halogens is 1. The number of hydrogen-bond donors (Lipinski definition) is 0. The predicted molar refractivity (Wildman–Crippen MR) is 89.5 cm³/mol. The van der Waals surface area contributed by atoms with E-state index in [0.29, 0.717) is 32.6 Å². The molecule has 1 heterocycles. The van der Waals surface area contributed by atoms with Crippen LogP contribution in [-0.2, 0) is 16.1 Å². The quantitative estimate of drug-likeness (QED) is 0.800. The molecule has 1 aliphatic heterocycles. The van der Waals surface area contributed by atoms with Crippen molar-refractivity contribution in [2.75, 3.05) is 19.6 Å². The first-order valence-electron chi connectivity index (χ1n) is 8.59. The number of benzene rings is 1. The van der Waals surface area contributed by atoms with E-state index in [2.05, 4.69) is 12.2 Å². The van der Waals surface area contributed by atoms with Gasteiger partial charge in [-0.05, 0) is 37.0 Å². The van der Waals surface area contributed by atoms with Gasteiger partial charge in [0.1, 0.15) is 5.82 Å². The number of hydrogen-bond acceptors (Lipinski definition) is 2. The molecule has 0 radical (unpaired) electrons. The lowest BCUT2D eigenvalue weighted by molar-refractivity contribution is -0.135. The molecule has 0 unspecified atom stereocenters. The molecular formula is C19H23FN2O2. The number of rotatable bonds is 3. The minimum Gasteiger partial charge on any atom is -0.340 e. The summed E-state index contributed by atoms with van der Waals surface area (Å²) in [5, 5.41) is 0. The van der Waals surface area contributed by atoms with Gasteiger partial charge in [-0.1, -0.05) is 24.3 Å². The summed E-state index contributed by atoms with van der Waals surface area (Å²) in [6, 6.07) is 6.32. The van der Waals surface area contributed by atoms with Crippen molar-refractivity contribution in [2.24, 2.45) is 5.92 Å². The Bertz CT molecular complexity index is 644. The van der Waals surface area contributed by atoms with E-state index in [1.165, 1.54) is 12.1 Å². The van der Waals surface area contributed by atoms with Crippen LogP contribution in [0, 0.1) is 11.7 Å². The van der Waals surface area contributed by atoms with E-state index in [1.54, 1.807) is 11.0 Å². The first kappa shape index (κ1) is 16.7. The van der Waals surface area contributed by atoms with Crippen molar-refractivity contribution in [3.8, 4) is 0 Å². The van der Waals surface area contributed by atoms with Crippen LogP contribution < -0.4 is 0 Å². The van der Waals surface area contributed by atoms with Gasteiger partial charge < -0.3 is 9.80 Å². The van der Waals surface area contributed by atoms with Crippen molar-refractivity contribution < 1.29 is 14.0 Å². The van der Waals surface area contributed by atoms with Crippen LogP contribution in [0.1, 0.15) is 31.2 Å². The maximum absolute atomic E-state index is 13.3. The third-order valence-electron chi connectivity index (χ3n) is 4.78. The molecule has 5 heteroatoms. The van der Waals surface area contributed by atoms with E-state index in [4.69, 9.17) is 0 Å². The highest BCUT2D eigenvalue weighted by Crippen LogP contribution is 2.22. The molecule has 1 atom stereocenters. The highest BCUT2D eigenvalue weighted by molar-refractivity contribution is 5.82. The summed E-state index contributed by atoms with van der Waals surface area (Å²) in [5.74, 6) is -0.0466. The van der Waals surface area contributed by atoms with Crippen LogP contribution >= 0.6 is 0 Å². The normalized spacial score (nSPS) is 21.7. The van der Waals surface area contributed by atoms with Gasteiger partial charge >= 0.3 is 0 Å². The lowest BCUT2D eigenvalue weighted by Crippen LogP contribution is -2.39. The lowest BCUT2D eigenvalue weighted by atomic mass is 9.93. The van der Waals surface area contributed by atoms with Crippen molar-refractivity contribution in [2.45, 2.75) is 32.2 Å². The van der Waals surface area contributed by atoms with Gasteiger partial charge in [0.25, 0.3) is 0 Å². The first-order chi connectivity index (χ1) is 11.6. The average Bonchev–Trinajstić information content (AvgIpc) is 2.78. The molecule has 1 saturated heterocycles. The molecule has 3 rings (SSSR count). The Kier molecular flexibility index (Phi) is 5.28. The Morgan fingerprint density at radius 3 is 2.83 bits per heavy atom. The number of allylic oxidation sites excluding steroid dienone is 2. The molecule has 128 valence electrons. The monoisotopic (exact) mass is 330 g/mol. The molecule has 0 saturated carbocycles. The fourth-order valence-electron chi connectivity index (χ4n) is 3.39. The summed E-state index contributed by atoms with van der Waals surface area (Å²) in [6.07, 6.45) is 7.18. The summed E-state index contributed by atoms with van der Waals surface area (Å²) in [4.78, 5) is 28.5. The molecule has 0 N–H and O–H groups in total. The third kappa shape index (κ3) is 4.02. The van der Waals surface area contributed by atoms with Gasteiger partial charge in [-0.3, -0.25) is 9.59 Å². The highest BCUT2D eigenvalue weighted by atomic mass is 19.1. The minimum absolute atomic E-state index is 0.0260. The van der Waals surface area contributed by atoms with Crippen LogP contribution in [0.4, 0.5) is 4.39 Å². The summed E-state index contributed by atoms with van der Waals surface area (Å²) >= 11 is 0. The second-order valence-electron chi connectivity index (χ2n) is 6.50. The molecule has 0 bridgehead atoms. The second kappa shape index (κ2) is 7.60. The van der Waals surface area contributed by atoms with Gasteiger partial charge in [0.15, 0.2) is 0 Å². The van der Waals surface area contributed by atoms with Gasteiger partial charge in [-0.2, -0.15) is 0 Å². The van der Waals surface area contributed by atoms with E-state index < -0.39 is 0 Å². The number of amides is 2. The molecule has 2 aliphatic rings. The highest BCUT2D eigenvalue weighted by Gasteiger charge is 2.28. The molecule has 0 spiro atoms. The van der Waals surface area contributed by atoms with Crippen molar-refractivity contribution >= 4 is 11.8 Å². The molecule has 24 heavy (non-hydrogen) atoms. The standard InChI is InChI=1S/C19H23FN2O2/c20-17-8-4-5-15(13-17)14-22-12-11-21(10-9-18(22)23)19(24)16-6-2-1-3-7-16/h1-2,4-5,8,13,16H,3,6-7,9-12,14H2/t16-/m1/s1. The SMILES string of the molecule is O=C1CCN(C(=O)[C@@H]2CC=CCC2)CCN1Cc1cccc(F)c1. The Balaban J connectivity index is 1.61. The summed E-state index contributed by atoms with van der Waals surface area (Å²) < 4.78 is 13.3. The largest absolute Gasteiger partial charge is 0.340 e. The van der Waals surface area contributed by atoms with E-state index in [-0.39, 0.29) is 23.5 Å². The van der Waals surface area contributed by atoms with Crippen molar-refractivity contribution in [3.05, 3.63) is 47.8 Å². The van der Waals surface area contributed by atoms with Gasteiger partial charge in [0.05, 0.1) is 0 Å². The Labute approximate surface area is 141 Å². The summed E-state index contributed by atoms with van der Waals surface area (Å²) in [6.45, 7) is 1.94. The molecule has 0 aromatic heterocycles. The third-order valence-corrected chi connectivity index (χ3v) is 4.78. The Hall–Kier alpha value is -2.17. The number of nitrogens with zero attached hydrogens (tertiary/aromatic N) is 2. The Morgan fingerprint density at radius 2 is 2.08 bits per heavy atom. The predicted octanol–water partition coefficient (Wildman–Crippen LogP) is 2.74. The summed E-state index contributed by atoms with van der Waals surface area (Å²) in [5.41, 5.74) is 0.778. The van der Waals surface area contributed by atoms with Crippen LogP contribution in [0.5, 0.6) is 0 Å². The topological polar surface area (TPSA) is 40.6 Å². The van der Waals surface area contributed by atoms with E-state index in [1.807, 2.05) is 11.0 Å². The van der Waals surface area contributed by atoms with Crippen molar-refractivity contribution in [1.82, 2.24) is 9.80 Å². The zero-order chi connectivity index (χ0) is 16.9. The second-order valence-corrected chi connectivity index (χ2v) is 6.50. The van der Waals surface area contributed by atoms with E-state index in [9.17, 15) is 14.0 Å². The van der Waals surface area contributed by atoms with Crippen LogP contribution in [0.3, 0.4) is 0 Å². The van der Waals surface area contributed by atoms with Gasteiger partial charge in [-0.25, -0.2) is 4.39 Å². The lowest BCUT2D eigenvalue weighted by Gasteiger charge is -2.27. The smallest absolute Gasteiger partial charge is 0.226 e. The first-order valence-corrected chi connectivity index (χ1v) is 8.59. The zero-order valence-electron chi connectivity index (χ0n) is 13.8. The number of carbonyl (C=O) groups is 2.